The molecule has 0 bridgehead atoms. The van der Waals surface area contributed by atoms with E-state index in [0.29, 0.717) is 0 Å². The Bertz CT molecular complexity index is 1090. The molecule has 0 saturated heterocycles. The lowest BCUT2D eigenvalue weighted by atomic mass is 10.2. The van der Waals surface area contributed by atoms with Crippen molar-refractivity contribution in [3.63, 3.8) is 0 Å². The van der Waals surface area contributed by atoms with Gasteiger partial charge < -0.3 is 4.74 Å². The number of nitrogens with zero attached hydrogens (tertiary/aromatic N) is 1. The second kappa shape index (κ2) is 7.69. The summed E-state index contributed by atoms with van der Waals surface area (Å²) in [7, 11) is -3.84. The van der Waals surface area contributed by atoms with Crippen LogP contribution in [0.3, 0.4) is 0 Å². The molecule has 0 fully saturated rings. The number of pyridine rings is 1. The van der Waals surface area contributed by atoms with Crippen LogP contribution in [0.4, 0.5) is 18.9 Å². The maximum absolute atomic E-state index is 12.7. The van der Waals surface area contributed by atoms with Gasteiger partial charge in [0.15, 0.2) is 0 Å². The highest BCUT2D eigenvalue weighted by molar-refractivity contribution is 7.92. The van der Waals surface area contributed by atoms with Gasteiger partial charge in [0, 0.05) is 23.0 Å². The molecule has 1 heterocycles. The SMILES string of the molecule is O=S(=O)(Nc1ccc(Oc2cc(C(F)(F)F)ccn2)cc1)c1cccc(Cl)c1. The van der Waals surface area contributed by atoms with Crippen molar-refractivity contribution in [2.24, 2.45) is 0 Å². The van der Waals surface area contributed by atoms with Crippen molar-refractivity contribution in [2.75, 3.05) is 4.72 Å². The molecular formula is C18H12ClF3N2O3S. The van der Waals surface area contributed by atoms with Gasteiger partial charge >= 0.3 is 6.18 Å². The quantitative estimate of drug-likeness (QED) is 0.595. The fourth-order valence-corrected chi connectivity index (χ4v) is 3.56. The van der Waals surface area contributed by atoms with Gasteiger partial charge in [-0.15, -0.1) is 0 Å². The van der Waals surface area contributed by atoms with Crippen LogP contribution in [0.2, 0.25) is 5.02 Å². The Morgan fingerprint density at radius 3 is 2.36 bits per heavy atom. The molecule has 0 aliphatic heterocycles. The molecule has 0 radical (unpaired) electrons. The normalized spacial score (nSPS) is 11.9. The Hall–Kier alpha value is -2.78. The van der Waals surface area contributed by atoms with E-state index in [-0.39, 0.29) is 27.2 Å². The third kappa shape index (κ3) is 4.93. The molecule has 0 aliphatic rings. The Kier molecular flexibility index (Phi) is 5.48. The minimum Gasteiger partial charge on any atom is -0.439 e. The molecule has 10 heteroatoms. The Balaban J connectivity index is 1.74. The van der Waals surface area contributed by atoms with Crippen molar-refractivity contribution in [2.45, 2.75) is 11.1 Å². The first-order valence-electron chi connectivity index (χ1n) is 7.73. The van der Waals surface area contributed by atoms with Crippen molar-refractivity contribution in [1.29, 1.82) is 0 Å². The molecule has 1 aromatic heterocycles. The zero-order valence-corrected chi connectivity index (χ0v) is 15.5. The van der Waals surface area contributed by atoms with E-state index in [1.54, 1.807) is 6.07 Å². The number of sulfonamides is 1. The molecule has 3 aromatic rings. The van der Waals surface area contributed by atoms with Gasteiger partial charge in [-0.1, -0.05) is 17.7 Å². The largest absolute Gasteiger partial charge is 0.439 e. The number of benzene rings is 2. The first-order valence-corrected chi connectivity index (χ1v) is 9.59. The van der Waals surface area contributed by atoms with E-state index in [2.05, 4.69) is 9.71 Å². The number of aromatic nitrogens is 1. The number of ether oxygens (including phenoxy) is 1. The standard InChI is InChI=1S/C18H12ClF3N2O3S/c19-13-2-1-3-16(11-13)28(25,26)24-14-4-6-15(7-5-14)27-17-10-12(8-9-23-17)18(20,21)22/h1-11,24H. The van der Waals surface area contributed by atoms with E-state index < -0.39 is 21.8 Å². The first kappa shape index (κ1) is 20.0. The summed E-state index contributed by atoms with van der Waals surface area (Å²) in [5.41, 5.74) is -0.646. The van der Waals surface area contributed by atoms with Gasteiger partial charge in [0.05, 0.1) is 10.5 Å². The minimum atomic E-state index is -4.51. The summed E-state index contributed by atoms with van der Waals surface area (Å²) in [5, 5.41) is 0.278. The number of nitrogens with one attached hydrogen (secondary N) is 1. The lowest BCUT2D eigenvalue weighted by Gasteiger charge is -2.11. The zero-order chi connectivity index (χ0) is 20.4. The first-order chi connectivity index (χ1) is 13.1. The Morgan fingerprint density at radius 2 is 1.71 bits per heavy atom. The minimum absolute atomic E-state index is 0.00603. The van der Waals surface area contributed by atoms with Gasteiger partial charge in [-0.2, -0.15) is 13.2 Å². The molecule has 0 amide bonds. The van der Waals surface area contributed by atoms with E-state index in [9.17, 15) is 21.6 Å². The van der Waals surface area contributed by atoms with Gasteiger partial charge in [0.2, 0.25) is 5.88 Å². The summed E-state index contributed by atoms with van der Waals surface area (Å²) in [6.07, 6.45) is -3.52. The molecule has 5 nitrogen and oxygen atoms in total. The van der Waals surface area contributed by atoms with Crippen LogP contribution in [0.5, 0.6) is 11.6 Å². The number of hydrogen-bond acceptors (Lipinski definition) is 4. The van der Waals surface area contributed by atoms with Crippen molar-refractivity contribution in [1.82, 2.24) is 4.98 Å². The zero-order valence-electron chi connectivity index (χ0n) is 13.9. The fraction of sp³-hybridized carbons (Fsp3) is 0.0556. The average Bonchev–Trinajstić information content (AvgIpc) is 2.63. The van der Waals surface area contributed by atoms with Gasteiger partial charge in [-0.25, -0.2) is 13.4 Å². The molecule has 2 aromatic carbocycles. The third-order valence-electron chi connectivity index (χ3n) is 3.50. The van der Waals surface area contributed by atoms with Crippen molar-refractivity contribution >= 4 is 27.3 Å². The molecule has 0 saturated carbocycles. The maximum atomic E-state index is 12.7. The number of alkyl halides is 3. The molecule has 1 N–H and O–H groups in total. The third-order valence-corrected chi connectivity index (χ3v) is 5.11. The molecule has 28 heavy (non-hydrogen) atoms. The maximum Gasteiger partial charge on any atom is 0.416 e. The second-order valence-corrected chi connectivity index (χ2v) is 7.69. The van der Waals surface area contributed by atoms with E-state index in [0.717, 1.165) is 18.3 Å². The van der Waals surface area contributed by atoms with Crippen molar-refractivity contribution in [3.05, 3.63) is 77.4 Å². The van der Waals surface area contributed by atoms with Crippen LogP contribution in [-0.2, 0) is 16.2 Å². The Labute approximate surface area is 163 Å². The summed E-state index contributed by atoms with van der Waals surface area (Å²) >= 11 is 5.81. The highest BCUT2D eigenvalue weighted by Crippen LogP contribution is 2.32. The van der Waals surface area contributed by atoms with E-state index in [4.69, 9.17) is 16.3 Å². The smallest absolute Gasteiger partial charge is 0.416 e. The lowest BCUT2D eigenvalue weighted by molar-refractivity contribution is -0.137. The molecular weight excluding hydrogens is 417 g/mol. The van der Waals surface area contributed by atoms with E-state index in [1.165, 1.54) is 42.5 Å². The van der Waals surface area contributed by atoms with Crippen LogP contribution in [0, 0.1) is 0 Å². The number of rotatable bonds is 5. The van der Waals surface area contributed by atoms with Gasteiger partial charge in [0.1, 0.15) is 5.75 Å². The second-order valence-electron chi connectivity index (χ2n) is 5.57. The topological polar surface area (TPSA) is 68.3 Å². The summed E-state index contributed by atoms with van der Waals surface area (Å²) in [6, 6.07) is 13.0. The Morgan fingerprint density at radius 1 is 1.00 bits per heavy atom. The predicted octanol–water partition coefficient (Wildman–Crippen LogP) is 5.35. The predicted molar refractivity (Wildman–Crippen MR) is 98.0 cm³/mol. The molecule has 0 atom stereocenters. The van der Waals surface area contributed by atoms with E-state index >= 15 is 0 Å². The number of halogens is 4. The highest BCUT2D eigenvalue weighted by Gasteiger charge is 2.31. The summed E-state index contributed by atoms with van der Waals surface area (Å²) in [6.45, 7) is 0. The lowest BCUT2D eigenvalue weighted by Crippen LogP contribution is -2.12. The summed E-state index contributed by atoms with van der Waals surface area (Å²) in [4.78, 5) is 3.73. The number of anilines is 1. The van der Waals surface area contributed by atoms with Gasteiger partial charge in [-0.3, -0.25) is 4.72 Å². The van der Waals surface area contributed by atoms with Crippen LogP contribution < -0.4 is 9.46 Å². The monoisotopic (exact) mass is 428 g/mol. The van der Waals surface area contributed by atoms with Crippen LogP contribution in [-0.4, -0.2) is 13.4 Å². The molecule has 0 aliphatic carbocycles. The van der Waals surface area contributed by atoms with Crippen LogP contribution in [0.15, 0.2) is 71.8 Å². The molecule has 3 rings (SSSR count). The fourth-order valence-electron chi connectivity index (χ4n) is 2.20. The number of hydrogen-bond donors (Lipinski definition) is 1. The molecule has 0 spiro atoms. The summed E-state index contributed by atoms with van der Waals surface area (Å²) < 4.78 is 70.5. The highest BCUT2D eigenvalue weighted by atomic mass is 35.5. The average molecular weight is 429 g/mol. The van der Waals surface area contributed by atoms with Crippen molar-refractivity contribution in [3.8, 4) is 11.6 Å². The van der Waals surface area contributed by atoms with E-state index in [1.807, 2.05) is 0 Å². The molecule has 0 unspecified atom stereocenters. The molecule has 146 valence electrons. The van der Waals surface area contributed by atoms with Gasteiger partial charge in [-0.05, 0) is 48.5 Å². The van der Waals surface area contributed by atoms with Crippen LogP contribution >= 0.6 is 11.6 Å². The van der Waals surface area contributed by atoms with Crippen molar-refractivity contribution < 1.29 is 26.3 Å². The summed E-state index contributed by atoms with van der Waals surface area (Å²) in [5.74, 6) is -0.0420. The van der Waals surface area contributed by atoms with Gasteiger partial charge in [0.25, 0.3) is 10.0 Å². The van der Waals surface area contributed by atoms with Crippen LogP contribution in [0.1, 0.15) is 5.56 Å². The van der Waals surface area contributed by atoms with Crippen LogP contribution in [0.25, 0.3) is 0 Å².